The molecule has 0 unspecified atom stereocenters. The van der Waals surface area contributed by atoms with E-state index in [0.29, 0.717) is 31.6 Å². The third-order valence-electron chi connectivity index (χ3n) is 5.44. The molecule has 158 valence electrons. The molecule has 2 atom stereocenters. The molecule has 5 nitrogen and oxygen atoms in total. The molecule has 0 spiro atoms. The maximum Gasteiger partial charge on any atom is 0.256 e. The van der Waals surface area contributed by atoms with Gasteiger partial charge in [0.15, 0.2) is 0 Å². The van der Waals surface area contributed by atoms with Crippen molar-refractivity contribution in [1.29, 1.82) is 0 Å². The highest BCUT2D eigenvalue weighted by molar-refractivity contribution is 5.97. The Balaban J connectivity index is 1.84. The number of carbonyl (C=O) groups is 1. The summed E-state index contributed by atoms with van der Waals surface area (Å²) >= 11 is 0. The van der Waals surface area contributed by atoms with Crippen molar-refractivity contribution in [1.82, 2.24) is 4.90 Å². The average Bonchev–Trinajstić information content (AvgIpc) is 2.64. The van der Waals surface area contributed by atoms with Crippen LogP contribution in [-0.2, 0) is 9.53 Å². The molecule has 0 saturated carbocycles. The van der Waals surface area contributed by atoms with E-state index in [2.05, 4.69) is 31.0 Å². The molecule has 28 heavy (non-hydrogen) atoms. The molecule has 0 radical (unpaired) electrons. The number of amides is 1. The number of nitrogens with one attached hydrogen (secondary N) is 1. The Morgan fingerprint density at radius 1 is 1.29 bits per heavy atom. The van der Waals surface area contributed by atoms with Gasteiger partial charge in [-0.15, -0.1) is 0 Å². The van der Waals surface area contributed by atoms with Gasteiger partial charge in [0.25, 0.3) is 5.91 Å². The smallest absolute Gasteiger partial charge is 0.256 e. The monoisotopic (exact) mass is 390 g/mol. The lowest BCUT2D eigenvalue weighted by molar-refractivity contribution is -0.140. The van der Waals surface area contributed by atoms with Crippen LogP contribution in [0.15, 0.2) is 24.3 Å². The number of carbonyl (C=O) groups excluding carboxylic acids is 1. The van der Waals surface area contributed by atoms with Gasteiger partial charge >= 0.3 is 0 Å². The molecule has 1 aliphatic heterocycles. The lowest BCUT2D eigenvalue weighted by Gasteiger charge is -2.33. The molecule has 1 aromatic carbocycles. The normalized spacial score (nSPS) is 20.0. The molecule has 0 aliphatic carbocycles. The summed E-state index contributed by atoms with van der Waals surface area (Å²) < 4.78 is 11.7. The molecule has 1 N–H and O–H groups in total. The van der Waals surface area contributed by atoms with E-state index < -0.39 is 5.60 Å². The second-order valence-electron chi connectivity index (χ2n) is 8.47. The van der Waals surface area contributed by atoms with Crippen molar-refractivity contribution in [2.45, 2.75) is 71.9 Å². The summed E-state index contributed by atoms with van der Waals surface area (Å²) in [5, 5.41) is 2.99. The number of hydrogen-bond donors (Lipinski definition) is 1. The Bertz CT molecular complexity index is 602. The van der Waals surface area contributed by atoms with E-state index in [1.165, 1.54) is 25.8 Å². The Morgan fingerprint density at radius 3 is 2.61 bits per heavy atom. The van der Waals surface area contributed by atoms with Crippen molar-refractivity contribution in [3.05, 3.63) is 24.3 Å². The highest BCUT2D eigenvalue weighted by Crippen LogP contribution is 2.24. The minimum Gasteiger partial charge on any atom is -0.492 e. The lowest BCUT2D eigenvalue weighted by Crippen LogP contribution is -2.43. The van der Waals surface area contributed by atoms with E-state index in [0.717, 1.165) is 18.0 Å². The first-order chi connectivity index (χ1) is 13.3. The molecule has 0 aromatic heterocycles. The topological polar surface area (TPSA) is 50.8 Å². The standard InChI is InChI=1S/C23H38N2O3/c1-6-28-23(5,17-18(2)3)22(26)24-20-10-12-21(13-11-20)27-16-15-25-14-8-7-9-19(25)4/h10-13,18-19H,6-9,14-17H2,1-5H3,(H,24,26)/t19-,23-/m1/s1. The summed E-state index contributed by atoms with van der Waals surface area (Å²) in [6.45, 7) is 13.6. The van der Waals surface area contributed by atoms with Crippen LogP contribution in [0, 0.1) is 5.92 Å². The van der Waals surface area contributed by atoms with E-state index in [4.69, 9.17) is 9.47 Å². The zero-order valence-electron chi connectivity index (χ0n) is 18.3. The Kier molecular flexibility index (Phi) is 8.77. The van der Waals surface area contributed by atoms with Crippen LogP contribution in [0.1, 0.15) is 60.3 Å². The fraction of sp³-hybridized carbons (Fsp3) is 0.696. The van der Waals surface area contributed by atoms with E-state index in [1.807, 2.05) is 38.1 Å². The fourth-order valence-corrected chi connectivity index (χ4v) is 3.98. The first kappa shape index (κ1) is 22.7. The van der Waals surface area contributed by atoms with Crippen molar-refractivity contribution in [2.24, 2.45) is 5.92 Å². The number of rotatable bonds is 10. The number of anilines is 1. The number of ether oxygens (including phenoxy) is 2. The van der Waals surface area contributed by atoms with E-state index in [1.54, 1.807) is 0 Å². The summed E-state index contributed by atoms with van der Waals surface area (Å²) in [4.78, 5) is 15.3. The SMILES string of the molecule is CCO[C@](C)(CC(C)C)C(=O)Nc1ccc(OCCN2CCCC[C@H]2C)cc1. The van der Waals surface area contributed by atoms with Crippen LogP contribution in [0.5, 0.6) is 5.75 Å². The number of nitrogens with zero attached hydrogens (tertiary/aromatic N) is 1. The van der Waals surface area contributed by atoms with Crippen LogP contribution in [0.3, 0.4) is 0 Å². The molecule has 1 amide bonds. The van der Waals surface area contributed by atoms with Crippen LogP contribution in [0.2, 0.25) is 0 Å². The zero-order chi connectivity index (χ0) is 20.6. The highest BCUT2D eigenvalue weighted by atomic mass is 16.5. The molecule has 1 heterocycles. The lowest BCUT2D eigenvalue weighted by atomic mass is 9.93. The Labute approximate surface area is 170 Å². The molecule has 1 fully saturated rings. The number of likely N-dealkylation sites (tertiary alicyclic amines) is 1. The number of piperidine rings is 1. The van der Waals surface area contributed by atoms with Gasteiger partial charge < -0.3 is 14.8 Å². The number of benzene rings is 1. The average molecular weight is 391 g/mol. The van der Waals surface area contributed by atoms with E-state index in [9.17, 15) is 4.79 Å². The van der Waals surface area contributed by atoms with Crippen LogP contribution in [0.4, 0.5) is 5.69 Å². The summed E-state index contributed by atoms with van der Waals surface area (Å²) in [6.07, 6.45) is 4.59. The molecule has 1 aromatic rings. The van der Waals surface area contributed by atoms with Crippen LogP contribution in [0.25, 0.3) is 0 Å². The second kappa shape index (κ2) is 10.8. The molecular weight excluding hydrogens is 352 g/mol. The van der Waals surface area contributed by atoms with Crippen molar-refractivity contribution < 1.29 is 14.3 Å². The largest absolute Gasteiger partial charge is 0.492 e. The second-order valence-corrected chi connectivity index (χ2v) is 8.47. The van der Waals surface area contributed by atoms with Crippen molar-refractivity contribution in [3.63, 3.8) is 0 Å². The van der Waals surface area contributed by atoms with Gasteiger partial charge in [-0.05, 0) is 76.8 Å². The van der Waals surface area contributed by atoms with Crippen LogP contribution < -0.4 is 10.1 Å². The quantitative estimate of drug-likeness (QED) is 0.628. The Morgan fingerprint density at radius 2 is 2.00 bits per heavy atom. The zero-order valence-corrected chi connectivity index (χ0v) is 18.3. The summed E-state index contributed by atoms with van der Waals surface area (Å²) in [5.74, 6) is 1.11. The molecule has 2 rings (SSSR count). The summed E-state index contributed by atoms with van der Waals surface area (Å²) in [7, 11) is 0. The first-order valence-corrected chi connectivity index (χ1v) is 10.8. The predicted molar refractivity (Wildman–Crippen MR) is 115 cm³/mol. The molecular formula is C23H38N2O3. The third kappa shape index (κ3) is 6.78. The van der Waals surface area contributed by atoms with Crippen LogP contribution in [-0.4, -0.2) is 48.8 Å². The van der Waals surface area contributed by atoms with Gasteiger partial charge in [0.05, 0.1) is 0 Å². The predicted octanol–water partition coefficient (Wildman–Crippen LogP) is 4.72. The summed E-state index contributed by atoms with van der Waals surface area (Å²) in [6, 6.07) is 8.25. The summed E-state index contributed by atoms with van der Waals surface area (Å²) in [5.41, 5.74) is -0.0554. The van der Waals surface area contributed by atoms with Gasteiger partial charge in [0.2, 0.25) is 0 Å². The molecule has 0 bridgehead atoms. The minimum absolute atomic E-state index is 0.101. The number of hydrogen-bond acceptors (Lipinski definition) is 4. The first-order valence-electron chi connectivity index (χ1n) is 10.8. The van der Waals surface area contributed by atoms with Gasteiger partial charge in [0.1, 0.15) is 18.0 Å². The van der Waals surface area contributed by atoms with Crippen molar-refractivity contribution >= 4 is 11.6 Å². The minimum atomic E-state index is -0.816. The molecule has 5 heteroatoms. The van der Waals surface area contributed by atoms with Gasteiger partial charge in [0, 0.05) is 24.9 Å². The van der Waals surface area contributed by atoms with Gasteiger partial charge in [-0.2, -0.15) is 0 Å². The fourth-order valence-electron chi connectivity index (χ4n) is 3.98. The van der Waals surface area contributed by atoms with Gasteiger partial charge in [-0.3, -0.25) is 9.69 Å². The highest BCUT2D eigenvalue weighted by Gasteiger charge is 2.34. The van der Waals surface area contributed by atoms with Gasteiger partial charge in [-0.25, -0.2) is 0 Å². The Hall–Kier alpha value is -1.59. The van der Waals surface area contributed by atoms with Crippen LogP contribution >= 0.6 is 0 Å². The van der Waals surface area contributed by atoms with Crippen molar-refractivity contribution in [2.75, 3.05) is 31.6 Å². The third-order valence-corrected chi connectivity index (χ3v) is 5.44. The van der Waals surface area contributed by atoms with E-state index in [-0.39, 0.29) is 5.91 Å². The van der Waals surface area contributed by atoms with Gasteiger partial charge in [-0.1, -0.05) is 20.3 Å². The molecule has 1 aliphatic rings. The maximum atomic E-state index is 12.7. The maximum absolute atomic E-state index is 12.7. The van der Waals surface area contributed by atoms with E-state index >= 15 is 0 Å². The molecule has 1 saturated heterocycles. The van der Waals surface area contributed by atoms with Crippen molar-refractivity contribution in [3.8, 4) is 5.75 Å².